The molecular weight excluding hydrogens is 404 g/mol. The van der Waals surface area contributed by atoms with Gasteiger partial charge < -0.3 is 10.5 Å². The summed E-state index contributed by atoms with van der Waals surface area (Å²) in [6.07, 6.45) is 2.75. The van der Waals surface area contributed by atoms with Gasteiger partial charge in [-0.3, -0.25) is 14.7 Å². The normalized spacial score (nSPS) is 18.3. The number of nitrogens with two attached hydrogens (primary N) is 1. The number of nitrogens with zero attached hydrogens (tertiary/aromatic N) is 4. The molecule has 2 aromatic heterocycles. The van der Waals surface area contributed by atoms with E-state index in [1.807, 2.05) is 0 Å². The van der Waals surface area contributed by atoms with E-state index in [9.17, 15) is 13.6 Å². The number of hydrogen-bond donors (Lipinski definition) is 1. The highest BCUT2D eigenvalue weighted by atomic mass is 19.1. The molecule has 1 unspecified atom stereocenters. The van der Waals surface area contributed by atoms with Crippen LogP contribution in [0.3, 0.4) is 0 Å². The molecule has 31 heavy (non-hydrogen) atoms. The Morgan fingerprint density at radius 3 is 2.58 bits per heavy atom. The molecule has 0 saturated carbocycles. The average molecular weight is 423 g/mol. The van der Waals surface area contributed by atoms with Crippen LogP contribution in [-0.2, 0) is 17.0 Å². The van der Waals surface area contributed by atoms with Gasteiger partial charge >= 0.3 is 0 Å². The minimum Gasteiger partial charge on any atom is -0.497 e. The van der Waals surface area contributed by atoms with Crippen LogP contribution >= 0.6 is 0 Å². The summed E-state index contributed by atoms with van der Waals surface area (Å²) in [6.45, 7) is -0.808. The number of carbonyl (C=O) groups excluding carboxylic acids is 1. The van der Waals surface area contributed by atoms with Crippen LogP contribution in [0.1, 0.15) is 16.8 Å². The summed E-state index contributed by atoms with van der Waals surface area (Å²) in [5.74, 6) is -0.726. The van der Waals surface area contributed by atoms with Crippen molar-refractivity contribution in [3.63, 3.8) is 0 Å². The summed E-state index contributed by atoms with van der Waals surface area (Å²) in [7, 11) is 2.96. The number of alkyl halides is 1. The number of benzene rings is 1. The zero-order valence-electron chi connectivity index (χ0n) is 16.8. The number of likely N-dealkylation sites (N-methyl/N-ethyl adjacent to an activating group) is 1. The second kappa shape index (κ2) is 7.75. The van der Waals surface area contributed by atoms with E-state index in [0.717, 1.165) is 0 Å². The van der Waals surface area contributed by atoms with Gasteiger partial charge in [0.1, 0.15) is 12.4 Å². The van der Waals surface area contributed by atoms with Crippen LogP contribution in [0.4, 0.5) is 8.78 Å². The number of amides is 1. The highest BCUT2D eigenvalue weighted by Gasteiger charge is 2.50. The monoisotopic (exact) mass is 423 g/mol. The number of carbonyl (C=O) groups is 1. The summed E-state index contributed by atoms with van der Waals surface area (Å²) >= 11 is 0. The lowest BCUT2D eigenvalue weighted by Crippen LogP contribution is -2.41. The highest BCUT2D eigenvalue weighted by Crippen LogP contribution is 2.42. The topological polar surface area (TPSA) is 93.7 Å². The van der Waals surface area contributed by atoms with Gasteiger partial charge in [0.15, 0.2) is 11.5 Å². The van der Waals surface area contributed by atoms with Gasteiger partial charge in [0, 0.05) is 25.0 Å². The lowest BCUT2D eigenvalue weighted by molar-refractivity contribution is -0.129. The number of methoxy groups -OCH3 is 1. The molecule has 1 aliphatic rings. The standard InChI is InChI=1S/C22H19F2N5O2/c1-29-20(30)22(28-21(29)25,14-5-7-26-16(10-14)12-23)15-8-13(9-17(11-15)31-2)18-4-3-6-27-19(18)24/h3-11H,12H2,1-2H3,(H2,25,28). The van der Waals surface area contributed by atoms with Crippen LogP contribution in [0.15, 0.2) is 59.9 Å². The first-order valence-corrected chi connectivity index (χ1v) is 9.36. The molecule has 0 saturated heterocycles. The van der Waals surface area contributed by atoms with Crippen molar-refractivity contribution in [3.8, 4) is 16.9 Å². The number of aliphatic imine (C=N–C) groups is 1. The Hall–Kier alpha value is -3.88. The summed E-state index contributed by atoms with van der Waals surface area (Å²) in [4.78, 5) is 26.8. The SMILES string of the molecule is COc1cc(-c2cccnc2F)cc(C2(c3ccnc(CF)c3)N=C(N)N(C)C2=O)c1. The molecule has 0 aliphatic carbocycles. The van der Waals surface area contributed by atoms with Crippen molar-refractivity contribution in [2.24, 2.45) is 10.7 Å². The summed E-state index contributed by atoms with van der Waals surface area (Å²) in [5, 5.41) is 0. The zero-order valence-corrected chi connectivity index (χ0v) is 16.8. The van der Waals surface area contributed by atoms with Gasteiger partial charge in [0.05, 0.1) is 12.8 Å². The van der Waals surface area contributed by atoms with E-state index in [1.54, 1.807) is 36.4 Å². The third kappa shape index (κ3) is 3.27. The summed E-state index contributed by atoms with van der Waals surface area (Å²) in [6, 6.07) is 11.1. The lowest BCUT2D eigenvalue weighted by Gasteiger charge is -2.27. The fourth-order valence-electron chi connectivity index (χ4n) is 3.64. The Bertz CT molecular complexity index is 1200. The fourth-order valence-corrected chi connectivity index (χ4v) is 3.64. The molecule has 1 aliphatic heterocycles. The maximum absolute atomic E-state index is 14.4. The van der Waals surface area contributed by atoms with Crippen molar-refractivity contribution in [3.05, 3.63) is 77.6 Å². The molecular formula is C22H19F2N5O2. The predicted molar refractivity (Wildman–Crippen MR) is 110 cm³/mol. The van der Waals surface area contributed by atoms with Crippen molar-refractivity contribution in [2.75, 3.05) is 14.2 Å². The summed E-state index contributed by atoms with van der Waals surface area (Å²) < 4.78 is 33.2. The van der Waals surface area contributed by atoms with Gasteiger partial charge in [-0.2, -0.15) is 4.39 Å². The van der Waals surface area contributed by atoms with E-state index in [1.165, 1.54) is 37.5 Å². The fraction of sp³-hybridized carbons (Fsp3) is 0.182. The van der Waals surface area contributed by atoms with Gasteiger partial charge in [-0.25, -0.2) is 14.4 Å². The number of pyridine rings is 2. The Balaban J connectivity index is 2.02. The van der Waals surface area contributed by atoms with Gasteiger partial charge in [-0.15, -0.1) is 0 Å². The molecule has 0 bridgehead atoms. The van der Waals surface area contributed by atoms with Crippen LogP contribution in [0, 0.1) is 5.95 Å². The smallest absolute Gasteiger partial charge is 0.266 e. The maximum atomic E-state index is 14.4. The van der Waals surface area contributed by atoms with E-state index < -0.39 is 24.1 Å². The van der Waals surface area contributed by atoms with E-state index in [0.29, 0.717) is 22.4 Å². The number of halogens is 2. The van der Waals surface area contributed by atoms with E-state index in [-0.39, 0.29) is 17.2 Å². The second-order valence-electron chi connectivity index (χ2n) is 7.01. The van der Waals surface area contributed by atoms with Crippen molar-refractivity contribution in [1.82, 2.24) is 14.9 Å². The first-order valence-electron chi connectivity index (χ1n) is 9.36. The molecule has 0 radical (unpaired) electrons. The van der Waals surface area contributed by atoms with E-state index in [4.69, 9.17) is 10.5 Å². The van der Waals surface area contributed by atoms with Crippen molar-refractivity contribution < 1.29 is 18.3 Å². The highest BCUT2D eigenvalue weighted by molar-refractivity contribution is 6.09. The third-order valence-corrected chi connectivity index (χ3v) is 5.24. The van der Waals surface area contributed by atoms with E-state index in [2.05, 4.69) is 15.0 Å². The zero-order chi connectivity index (χ0) is 22.2. The van der Waals surface area contributed by atoms with Crippen LogP contribution in [0.5, 0.6) is 5.75 Å². The molecule has 0 fully saturated rings. The Morgan fingerprint density at radius 1 is 1.13 bits per heavy atom. The lowest BCUT2D eigenvalue weighted by atomic mass is 9.81. The minimum absolute atomic E-state index is 0.000499. The number of ether oxygens (including phenoxy) is 1. The number of hydrogen-bond acceptors (Lipinski definition) is 6. The van der Waals surface area contributed by atoms with Crippen LogP contribution in [0.2, 0.25) is 0 Å². The molecule has 2 N–H and O–H groups in total. The molecule has 158 valence electrons. The molecule has 9 heteroatoms. The minimum atomic E-state index is -1.60. The largest absolute Gasteiger partial charge is 0.497 e. The predicted octanol–water partition coefficient (Wildman–Crippen LogP) is 2.79. The van der Waals surface area contributed by atoms with Gasteiger partial charge in [-0.1, -0.05) is 0 Å². The van der Waals surface area contributed by atoms with Crippen LogP contribution < -0.4 is 10.5 Å². The Kier molecular flexibility index (Phi) is 5.10. The second-order valence-corrected chi connectivity index (χ2v) is 7.01. The van der Waals surface area contributed by atoms with Crippen LogP contribution in [-0.4, -0.2) is 40.9 Å². The van der Waals surface area contributed by atoms with Gasteiger partial charge in [-0.05, 0) is 59.2 Å². The molecule has 4 rings (SSSR count). The first kappa shape index (κ1) is 20.4. The maximum Gasteiger partial charge on any atom is 0.266 e. The van der Waals surface area contributed by atoms with Crippen LogP contribution in [0.25, 0.3) is 11.1 Å². The molecule has 1 amide bonds. The quantitative estimate of drug-likeness (QED) is 0.637. The third-order valence-electron chi connectivity index (χ3n) is 5.24. The molecule has 3 aromatic rings. The van der Waals surface area contributed by atoms with E-state index >= 15 is 0 Å². The number of rotatable bonds is 5. The van der Waals surface area contributed by atoms with Crippen molar-refractivity contribution in [2.45, 2.75) is 12.2 Å². The van der Waals surface area contributed by atoms with Crippen molar-refractivity contribution in [1.29, 1.82) is 0 Å². The molecule has 1 aromatic carbocycles. The molecule has 7 nitrogen and oxygen atoms in total. The molecule has 0 spiro atoms. The average Bonchev–Trinajstić information content (AvgIpc) is 3.03. The van der Waals surface area contributed by atoms with Gasteiger partial charge in [0.25, 0.3) is 5.91 Å². The Morgan fingerprint density at radius 2 is 1.94 bits per heavy atom. The van der Waals surface area contributed by atoms with Crippen molar-refractivity contribution >= 4 is 11.9 Å². The molecule has 3 heterocycles. The first-order chi connectivity index (χ1) is 14.9. The number of aromatic nitrogens is 2. The number of guanidine groups is 1. The Labute approximate surface area is 177 Å². The van der Waals surface area contributed by atoms with Gasteiger partial charge in [0.2, 0.25) is 5.95 Å². The molecule has 1 atom stereocenters. The summed E-state index contributed by atoms with van der Waals surface area (Å²) in [5.41, 5.74) is 5.99.